The van der Waals surface area contributed by atoms with Crippen molar-refractivity contribution in [2.24, 2.45) is 0 Å². The van der Waals surface area contributed by atoms with Crippen molar-refractivity contribution >= 4 is 46.6 Å². The number of halogens is 2. The van der Waals surface area contributed by atoms with Crippen LogP contribution in [0.3, 0.4) is 0 Å². The number of aromatic nitrogens is 2. The van der Waals surface area contributed by atoms with Crippen LogP contribution in [0.5, 0.6) is 5.75 Å². The van der Waals surface area contributed by atoms with E-state index in [2.05, 4.69) is 25.9 Å². The lowest BCUT2D eigenvalue weighted by molar-refractivity contribution is 0.0732. The number of hydrogen-bond acceptors (Lipinski definition) is 7. The third-order valence-electron chi connectivity index (χ3n) is 4.15. The van der Waals surface area contributed by atoms with Crippen LogP contribution in [0.1, 0.15) is 10.4 Å². The van der Waals surface area contributed by atoms with E-state index in [9.17, 15) is 4.79 Å². The molecule has 1 saturated heterocycles. The second-order valence-electron chi connectivity index (χ2n) is 5.84. The van der Waals surface area contributed by atoms with Gasteiger partial charge in [-0.05, 0) is 6.07 Å². The molecule has 1 amide bonds. The molecule has 0 unspecified atom stereocenters. The van der Waals surface area contributed by atoms with Crippen molar-refractivity contribution in [1.29, 1.82) is 0 Å². The maximum Gasteiger partial charge on any atom is 0.257 e. The number of anilines is 3. The summed E-state index contributed by atoms with van der Waals surface area (Å²) in [4.78, 5) is 23.0. The zero-order valence-corrected chi connectivity index (χ0v) is 16.5. The van der Waals surface area contributed by atoms with Crippen LogP contribution in [0, 0.1) is 0 Å². The molecule has 1 aromatic carbocycles. The summed E-state index contributed by atoms with van der Waals surface area (Å²) in [5, 5.41) is 9.90. The second-order valence-corrected chi connectivity index (χ2v) is 6.65. The molecule has 0 radical (unpaired) electrons. The molecule has 0 atom stereocenters. The van der Waals surface area contributed by atoms with Crippen LogP contribution in [0.25, 0.3) is 0 Å². The maximum atomic E-state index is 12.8. The van der Waals surface area contributed by atoms with Gasteiger partial charge in [-0.25, -0.2) is 4.98 Å². The van der Waals surface area contributed by atoms with Crippen molar-refractivity contribution in [2.45, 2.75) is 0 Å². The number of carbonyl (C=O) groups excluding carboxylic acids is 1. The minimum Gasteiger partial charge on any atom is -0.496 e. The fraction of sp³-hybridized carbons (Fsp3) is 0.353. The van der Waals surface area contributed by atoms with Crippen LogP contribution in [0.15, 0.2) is 18.3 Å². The summed E-state index contributed by atoms with van der Waals surface area (Å²) in [6.45, 7) is 2.82. The first-order chi connectivity index (χ1) is 13.0. The van der Waals surface area contributed by atoms with Crippen LogP contribution < -0.4 is 20.7 Å². The van der Waals surface area contributed by atoms with Gasteiger partial charge in [0.2, 0.25) is 5.95 Å². The Hall–Kier alpha value is -2.29. The standard InChI is InChI=1S/C17H20Cl2N6O2/c1-20-15-12(19)9-22-17(24-15)23-13-8-14(27-2)10(7-11(13)18)16(26)25-5-3-21-4-6-25/h7-9,21H,3-6H2,1-2H3,(H2,20,22,23,24). The molecule has 144 valence electrons. The van der Waals surface area contributed by atoms with Crippen molar-refractivity contribution in [1.82, 2.24) is 20.2 Å². The molecular formula is C17H20Cl2N6O2. The van der Waals surface area contributed by atoms with Gasteiger partial charge in [0, 0.05) is 39.3 Å². The van der Waals surface area contributed by atoms with Crippen molar-refractivity contribution in [2.75, 3.05) is 51.0 Å². The summed E-state index contributed by atoms with van der Waals surface area (Å²) in [6, 6.07) is 3.26. The highest BCUT2D eigenvalue weighted by atomic mass is 35.5. The van der Waals surface area contributed by atoms with E-state index >= 15 is 0 Å². The van der Waals surface area contributed by atoms with Gasteiger partial charge in [-0.2, -0.15) is 4.98 Å². The number of hydrogen-bond donors (Lipinski definition) is 3. The number of amides is 1. The molecule has 1 aliphatic rings. The Balaban J connectivity index is 1.88. The highest BCUT2D eigenvalue weighted by Crippen LogP contribution is 2.33. The van der Waals surface area contributed by atoms with Gasteiger partial charge < -0.3 is 25.6 Å². The molecule has 0 saturated carbocycles. The Kier molecular flexibility index (Phi) is 6.20. The number of nitrogens with zero attached hydrogens (tertiary/aromatic N) is 3. The van der Waals surface area contributed by atoms with E-state index in [1.165, 1.54) is 13.3 Å². The lowest BCUT2D eigenvalue weighted by Crippen LogP contribution is -2.46. The Bertz CT molecular complexity index is 842. The third-order valence-corrected chi connectivity index (χ3v) is 4.74. The molecule has 2 aromatic rings. The van der Waals surface area contributed by atoms with Crippen LogP contribution >= 0.6 is 23.2 Å². The largest absolute Gasteiger partial charge is 0.496 e. The molecule has 1 aliphatic heterocycles. The highest BCUT2D eigenvalue weighted by molar-refractivity contribution is 6.34. The molecular weight excluding hydrogens is 391 g/mol. The third kappa shape index (κ3) is 4.35. The van der Waals surface area contributed by atoms with E-state index < -0.39 is 0 Å². The van der Waals surface area contributed by atoms with E-state index in [4.69, 9.17) is 27.9 Å². The molecule has 0 aliphatic carbocycles. The van der Waals surface area contributed by atoms with E-state index in [-0.39, 0.29) is 5.91 Å². The molecule has 10 heteroatoms. The van der Waals surface area contributed by atoms with Gasteiger partial charge in [-0.3, -0.25) is 4.79 Å². The summed E-state index contributed by atoms with van der Waals surface area (Å²) < 4.78 is 5.42. The number of ether oxygens (including phenoxy) is 1. The van der Waals surface area contributed by atoms with Crippen LogP contribution in [-0.2, 0) is 0 Å². The summed E-state index contributed by atoms with van der Waals surface area (Å²) >= 11 is 12.4. The highest BCUT2D eigenvalue weighted by Gasteiger charge is 2.23. The molecule has 1 aromatic heterocycles. The molecule has 3 rings (SSSR count). The SMILES string of the molecule is CNc1nc(Nc2cc(OC)c(C(=O)N3CCNCC3)cc2Cl)ncc1Cl. The molecule has 3 N–H and O–H groups in total. The number of rotatable bonds is 5. The lowest BCUT2D eigenvalue weighted by Gasteiger charge is -2.28. The lowest BCUT2D eigenvalue weighted by atomic mass is 10.1. The average molecular weight is 411 g/mol. The number of piperazine rings is 1. The van der Waals surface area contributed by atoms with Gasteiger partial charge in [0.1, 0.15) is 16.6 Å². The van der Waals surface area contributed by atoms with E-state index in [0.717, 1.165) is 13.1 Å². The topological polar surface area (TPSA) is 91.4 Å². The first kappa shape index (κ1) is 19.5. The minimum atomic E-state index is -0.109. The molecule has 27 heavy (non-hydrogen) atoms. The fourth-order valence-electron chi connectivity index (χ4n) is 2.75. The molecule has 0 spiro atoms. The van der Waals surface area contributed by atoms with Crippen LogP contribution in [0.4, 0.5) is 17.5 Å². The molecule has 0 bridgehead atoms. The second kappa shape index (κ2) is 8.60. The zero-order chi connectivity index (χ0) is 19.4. The summed E-state index contributed by atoms with van der Waals surface area (Å²) in [7, 11) is 3.23. The van der Waals surface area contributed by atoms with Gasteiger partial charge in [-0.1, -0.05) is 23.2 Å². The van der Waals surface area contributed by atoms with Gasteiger partial charge in [0.25, 0.3) is 5.91 Å². The zero-order valence-electron chi connectivity index (χ0n) is 15.0. The Morgan fingerprint density at radius 2 is 2.00 bits per heavy atom. The van der Waals surface area contributed by atoms with Gasteiger partial charge >= 0.3 is 0 Å². The van der Waals surface area contributed by atoms with Gasteiger partial charge in [-0.15, -0.1) is 0 Å². The smallest absolute Gasteiger partial charge is 0.257 e. The first-order valence-electron chi connectivity index (χ1n) is 8.38. The van der Waals surface area contributed by atoms with Crippen molar-refractivity contribution < 1.29 is 9.53 Å². The minimum absolute atomic E-state index is 0.109. The average Bonchev–Trinajstić information content (AvgIpc) is 2.70. The fourth-order valence-corrected chi connectivity index (χ4v) is 3.14. The van der Waals surface area contributed by atoms with Crippen molar-refractivity contribution in [3.8, 4) is 5.75 Å². The quantitative estimate of drug-likeness (QED) is 0.697. The molecule has 1 fully saturated rings. The predicted octanol–water partition coefficient (Wildman–Crippen LogP) is 2.62. The van der Waals surface area contributed by atoms with E-state index in [1.807, 2.05) is 0 Å². The summed E-state index contributed by atoms with van der Waals surface area (Å²) in [5.74, 6) is 1.12. The first-order valence-corrected chi connectivity index (χ1v) is 9.14. The number of methoxy groups -OCH3 is 1. The van der Waals surface area contributed by atoms with Crippen LogP contribution in [0.2, 0.25) is 10.0 Å². The van der Waals surface area contributed by atoms with Gasteiger partial charge in [0.05, 0.1) is 29.6 Å². The van der Waals surface area contributed by atoms with E-state index in [1.54, 1.807) is 24.1 Å². The normalized spacial score (nSPS) is 14.0. The van der Waals surface area contributed by atoms with Gasteiger partial charge in [0.15, 0.2) is 0 Å². The Labute approximate surface area is 167 Å². The number of carbonyl (C=O) groups is 1. The number of benzene rings is 1. The van der Waals surface area contributed by atoms with Crippen molar-refractivity contribution in [3.63, 3.8) is 0 Å². The Morgan fingerprint density at radius 3 is 2.67 bits per heavy atom. The van der Waals surface area contributed by atoms with Crippen molar-refractivity contribution in [3.05, 3.63) is 33.9 Å². The van der Waals surface area contributed by atoms with Crippen LogP contribution in [-0.4, -0.2) is 61.1 Å². The Morgan fingerprint density at radius 1 is 1.26 bits per heavy atom. The molecule has 2 heterocycles. The summed E-state index contributed by atoms with van der Waals surface area (Å²) in [5.41, 5.74) is 0.942. The molecule has 8 nitrogen and oxygen atoms in total. The predicted molar refractivity (Wildman–Crippen MR) is 107 cm³/mol. The number of nitrogens with one attached hydrogen (secondary N) is 3. The monoisotopic (exact) mass is 410 g/mol. The maximum absolute atomic E-state index is 12.8. The van der Waals surface area contributed by atoms with E-state index in [0.29, 0.717) is 51.9 Å². The summed E-state index contributed by atoms with van der Waals surface area (Å²) in [6.07, 6.45) is 1.48.